The Hall–Kier alpha value is -1.05. The van der Waals surface area contributed by atoms with E-state index in [4.69, 9.17) is 0 Å². The second-order valence-electron chi connectivity index (χ2n) is 7.17. The monoisotopic (exact) mass is 562 g/mol. The van der Waals surface area contributed by atoms with Crippen LogP contribution in [0.15, 0.2) is 91.0 Å². The van der Waals surface area contributed by atoms with Crippen molar-refractivity contribution in [2.45, 2.75) is 30.9 Å². The summed E-state index contributed by atoms with van der Waals surface area (Å²) in [5.41, 5.74) is 7.37. The average molecular weight is 562 g/mol. The Bertz CT molecular complexity index is 1000. The van der Waals surface area contributed by atoms with Gasteiger partial charge in [-0.1, -0.05) is 0 Å². The molecular formula is C26H25As3. The van der Waals surface area contributed by atoms with E-state index in [2.05, 4.69) is 91.0 Å². The van der Waals surface area contributed by atoms with Crippen LogP contribution < -0.4 is 0 Å². The van der Waals surface area contributed by atoms with Gasteiger partial charge in [-0.3, -0.25) is 0 Å². The summed E-state index contributed by atoms with van der Waals surface area (Å²) in [7, 11) is 0. The molecule has 3 aromatic rings. The van der Waals surface area contributed by atoms with Gasteiger partial charge in [0.05, 0.1) is 0 Å². The standard InChI is InChI=1S/C26H25As3/c1-5-13-21(14-6-1)24-19-11-4-12-20-27-29-28-26(23-17-9-3-10-18-23)25(24)22-15-7-2-8-16-22/h1-3,5-10,13-18H,4,11-12,19-20H2. The van der Waals surface area contributed by atoms with Crippen molar-refractivity contribution in [1.82, 2.24) is 0 Å². The molecule has 0 atom stereocenters. The molecule has 0 aromatic heterocycles. The van der Waals surface area contributed by atoms with Gasteiger partial charge in [0, 0.05) is 0 Å². The molecule has 1 aliphatic rings. The molecule has 4 rings (SSSR count). The van der Waals surface area contributed by atoms with Crippen LogP contribution in [0, 0.1) is 0 Å². The van der Waals surface area contributed by atoms with E-state index in [9.17, 15) is 0 Å². The first kappa shape index (κ1) is 21.2. The van der Waals surface area contributed by atoms with Crippen molar-refractivity contribution in [3.63, 3.8) is 0 Å². The molecule has 0 fully saturated rings. The van der Waals surface area contributed by atoms with Crippen molar-refractivity contribution in [1.29, 1.82) is 0 Å². The Kier molecular flexibility index (Phi) is 8.31. The predicted octanol–water partition coefficient (Wildman–Crippen LogP) is 5.75. The van der Waals surface area contributed by atoms with E-state index in [0.717, 1.165) is 0 Å². The summed E-state index contributed by atoms with van der Waals surface area (Å²) < 4.78 is 1.67. The Morgan fingerprint density at radius 2 is 1.14 bits per heavy atom. The fourth-order valence-electron chi connectivity index (χ4n) is 3.74. The summed E-state index contributed by atoms with van der Waals surface area (Å²) >= 11 is 1.39. The molecule has 0 N–H and O–H groups in total. The molecule has 0 nitrogen and oxygen atoms in total. The van der Waals surface area contributed by atoms with Gasteiger partial charge in [0.2, 0.25) is 0 Å². The minimum atomic E-state index is 0.267. The van der Waals surface area contributed by atoms with Gasteiger partial charge in [0.25, 0.3) is 0 Å². The molecule has 0 aliphatic carbocycles. The Balaban J connectivity index is 2.01. The van der Waals surface area contributed by atoms with Crippen LogP contribution in [0.3, 0.4) is 0 Å². The van der Waals surface area contributed by atoms with E-state index in [1.807, 2.05) is 0 Å². The van der Waals surface area contributed by atoms with Crippen LogP contribution in [-0.4, -0.2) is 41.8 Å². The van der Waals surface area contributed by atoms with Gasteiger partial charge in [-0.2, -0.15) is 0 Å². The number of rotatable bonds is 3. The molecule has 0 saturated carbocycles. The number of allylic oxidation sites excluding steroid dienone is 2. The summed E-state index contributed by atoms with van der Waals surface area (Å²) in [6.45, 7) is 0. The Labute approximate surface area is 190 Å². The molecule has 0 amide bonds. The van der Waals surface area contributed by atoms with E-state index in [1.54, 1.807) is 15.5 Å². The fraction of sp³-hybridized carbons (Fsp3) is 0.192. The molecular weight excluding hydrogens is 537 g/mol. The van der Waals surface area contributed by atoms with Crippen molar-refractivity contribution in [3.8, 4) is 0 Å². The molecule has 0 saturated heterocycles. The van der Waals surface area contributed by atoms with Gasteiger partial charge >= 0.3 is 191 Å². The van der Waals surface area contributed by atoms with Gasteiger partial charge in [0.15, 0.2) is 0 Å². The van der Waals surface area contributed by atoms with Crippen LogP contribution >= 0.6 is 0 Å². The summed E-state index contributed by atoms with van der Waals surface area (Å²) in [6.07, 6.45) is 5.31. The van der Waals surface area contributed by atoms with E-state index < -0.39 is 0 Å². The van der Waals surface area contributed by atoms with Gasteiger partial charge in [-0.05, 0) is 0 Å². The summed E-state index contributed by atoms with van der Waals surface area (Å²) in [5, 5.41) is 1.52. The Morgan fingerprint density at radius 3 is 1.79 bits per heavy atom. The van der Waals surface area contributed by atoms with Crippen LogP contribution in [0.1, 0.15) is 42.4 Å². The van der Waals surface area contributed by atoms with Crippen molar-refractivity contribution >= 4 is 52.9 Å². The zero-order valence-corrected chi connectivity index (χ0v) is 22.2. The third kappa shape index (κ3) is 5.76. The summed E-state index contributed by atoms with van der Waals surface area (Å²) in [5.74, 6) is 0. The topological polar surface area (TPSA) is 0 Å². The van der Waals surface area contributed by atoms with Crippen LogP contribution in [-0.2, 0) is 0 Å². The van der Waals surface area contributed by atoms with Gasteiger partial charge in [-0.25, -0.2) is 0 Å². The zero-order valence-electron chi connectivity index (χ0n) is 16.5. The molecule has 1 heterocycles. The summed E-state index contributed by atoms with van der Waals surface area (Å²) in [6, 6.07) is 33.6. The quantitative estimate of drug-likeness (QED) is 0.357. The van der Waals surface area contributed by atoms with Crippen molar-refractivity contribution in [2.75, 3.05) is 0 Å². The molecule has 29 heavy (non-hydrogen) atoms. The number of benzene rings is 3. The van der Waals surface area contributed by atoms with E-state index in [0.29, 0.717) is 24.2 Å². The molecule has 3 heteroatoms. The zero-order chi connectivity index (χ0) is 19.7. The molecule has 0 radical (unpaired) electrons. The first-order chi connectivity index (χ1) is 14.4. The van der Waals surface area contributed by atoms with E-state index in [-0.39, 0.29) is 13.2 Å². The van der Waals surface area contributed by atoms with E-state index in [1.165, 1.54) is 47.6 Å². The molecule has 3 aromatic carbocycles. The summed E-state index contributed by atoms with van der Waals surface area (Å²) in [4.78, 5) is 0. The van der Waals surface area contributed by atoms with Crippen molar-refractivity contribution in [2.24, 2.45) is 0 Å². The van der Waals surface area contributed by atoms with Crippen molar-refractivity contribution in [3.05, 3.63) is 108 Å². The predicted molar refractivity (Wildman–Crippen MR) is 131 cm³/mol. The molecule has 0 spiro atoms. The second-order valence-corrected chi connectivity index (χ2v) is 27.8. The average Bonchev–Trinajstić information content (AvgIpc) is 2.84. The SMILES string of the molecule is c1ccc(C2=[As][As]=[As]CCCCCC(c3ccccc3)=C2c2ccccc2)cc1. The second kappa shape index (κ2) is 11.4. The first-order valence-corrected chi connectivity index (χ1v) is 22.9. The maximum absolute atomic E-state index is 2.34. The normalized spacial score (nSPS) is 17.2. The van der Waals surface area contributed by atoms with Gasteiger partial charge < -0.3 is 0 Å². The van der Waals surface area contributed by atoms with Crippen LogP contribution in [0.2, 0.25) is 5.21 Å². The molecule has 0 bridgehead atoms. The molecule has 144 valence electrons. The minimum absolute atomic E-state index is 0.267. The van der Waals surface area contributed by atoms with E-state index >= 15 is 0 Å². The van der Waals surface area contributed by atoms with Crippen LogP contribution in [0.25, 0.3) is 11.1 Å². The third-order valence-corrected chi connectivity index (χ3v) is 27.1. The molecule has 0 unspecified atom stereocenters. The maximum atomic E-state index is 2.34. The van der Waals surface area contributed by atoms with Gasteiger partial charge in [-0.15, -0.1) is 0 Å². The third-order valence-electron chi connectivity index (χ3n) is 5.16. The fourth-order valence-corrected chi connectivity index (χ4v) is 26.6. The Morgan fingerprint density at radius 1 is 0.552 bits per heavy atom. The van der Waals surface area contributed by atoms with Crippen LogP contribution in [0.4, 0.5) is 0 Å². The van der Waals surface area contributed by atoms with Gasteiger partial charge in [0.1, 0.15) is 0 Å². The van der Waals surface area contributed by atoms with Crippen LogP contribution in [0.5, 0.6) is 0 Å². The number of hydrogen-bond donors (Lipinski definition) is 0. The van der Waals surface area contributed by atoms with Crippen molar-refractivity contribution < 1.29 is 0 Å². The first-order valence-electron chi connectivity index (χ1n) is 10.3. The molecule has 1 aliphatic heterocycles. The number of hydrogen-bond acceptors (Lipinski definition) is 0.